The van der Waals surface area contributed by atoms with E-state index in [1.165, 1.54) is 12.1 Å². The second-order valence-electron chi connectivity index (χ2n) is 10.5. The van der Waals surface area contributed by atoms with E-state index in [-0.39, 0.29) is 23.7 Å². The monoisotopic (exact) mass is 567 g/mol. The molecule has 2 saturated heterocycles. The fourth-order valence-corrected chi connectivity index (χ4v) is 5.46. The molecule has 1 saturated carbocycles. The Hall–Kier alpha value is -2.69. The van der Waals surface area contributed by atoms with E-state index in [2.05, 4.69) is 15.0 Å². The van der Waals surface area contributed by atoms with Crippen LogP contribution in [0, 0.1) is 5.92 Å². The number of hydrogen-bond donors (Lipinski definition) is 2. The average Bonchev–Trinajstić information content (AvgIpc) is 3.33. The van der Waals surface area contributed by atoms with Crippen molar-refractivity contribution in [2.75, 3.05) is 37.6 Å². The quantitative estimate of drug-likeness (QED) is 0.425. The number of nitrogens with zero attached hydrogens (tertiary/aromatic N) is 2. The first-order chi connectivity index (χ1) is 18.6. The Morgan fingerprint density at radius 3 is 2.44 bits per heavy atom. The number of halogens is 4. The molecule has 1 amide bonds. The average molecular weight is 568 g/mol. The lowest BCUT2D eigenvalue weighted by atomic mass is 10.00. The number of ether oxygens (including phenoxy) is 2. The van der Waals surface area contributed by atoms with Crippen LogP contribution in [0.5, 0.6) is 11.5 Å². The Bertz CT molecular complexity index is 1140. The van der Waals surface area contributed by atoms with Crippen LogP contribution in [0.15, 0.2) is 42.5 Å². The number of rotatable bonds is 10. The van der Waals surface area contributed by atoms with Crippen LogP contribution in [-0.2, 0) is 4.79 Å². The van der Waals surface area contributed by atoms with E-state index in [0.717, 1.165) is 44.5 Å². The molecule has 0 aromatic heterocycles. The number of likely N-dealkylation sites (tertiary alicyclic amines) is 1. The molecule has 3 atom stereocenters. The molecule has 39 heavy (non-hydrogen) atoms. The molecule has 0 spiro atoms. The second-order valence-corrected chi connectivity index (χ2v) is 11.0. The van der Waals surface area contributed by atoms with Gasteiger partial charge in [-0.2, -0.15) is 0 Å². The normalized spacial score (nSPS) is 21.6. The third-order valence-corrected chi connectivity index (χ3v) is 7.77. The predicted molar refractivity (Wildman–Crippen MR) is 141 cm³/mol. The summed E-state index contributed by atoms with van der Waals surface area (Å²) in [7, 11) is 0. The zero-order valence-electron chi connectivity index (χ0n) is 21.5. The number of carbonyl (C=O) groups is 1. The molecule has 5 rings (SSSR count). The van der Waals surface area contributed by atoms with Crippen molar-refractivity contribution in [3.8, 4) is 11.5 Å². The molecule has 2 aliphatic heterocycles. The highest BCUT2D eigenvalue weighted by Gasteiger charge is 2.34. The molecule has 2 aromatic rings. The molecule has 0 bridgehead atoms. The van der Waals surface area contributed by atoms with E-state index in [9.17, 15) is 23.1 Å². The Balaban J connectivity index is 1.23. The third kappa shape index (κ3) is 7.49. The number of aliphatic hydroxyl groups excluding tert-OH is 1. The summed E-state index contributed by atoms with van der Waals surface area (Å²) in [5, 5.41) is 14.9. The molecule has 0 radical (unpaired) electrons. The summed E-state index contributed by atoms with van der Waals surface area (Å²) >= 11 is 6.44. The van der Waals surface area contributed by atoms with Crippen molar-refractivity contribution in [1.82, 2.24) is 10.2 Å². The van der Waals surface area contributed by atoms with Gasteiger partial charge in [0.25, 0.3) is 0 Å². The maximum Gasteiger partial charge on any atom is 0.573 e. The first-order valence-corrected chi connectivity index (χ1v) is 13.8. The Labute approximate surface area is 230 Å². The van der Waals surface area contributed by atoms with E-state index in [1.807, 2.05) is 4.90 Å². The van der Waals surface area contributed by atoms with Crippen molar-refractivity contribution in [2.24, 2.45) is 5.92 Å². The number of hydrogen-bond acceptors (Lipinski definition) is 6. The number of anilines is 1. The number of alkyl halides is 3. The van der Waals surface area contributed by atoms with E-state index in [1.54, 1.807) is 30.3 Å². The molecular formula is C28H33ClF3N3O4. The van der Waals surface area contributed by atoms with Crippen molar-refractivity contribution in [3.05, 3.63) is 53.1 Å². The zero-order chi connectivity index (χ0) is 27.6. The maximum atomic E-state index is 13.3. The highest BCUT2D eigenvalue weighted by molar-refractivity contribution is 6.32. The first-order valence-electron chi connectivity index (χ1n) is 13.4. The molecular weight excluding hydrogens is 535 g/mol. The standard InChI is InChI=1S/C28H33ClF3N3O4/c29-23-15-18(3-10-25(23)38-21-8-9-21)26(36)24(17-34-12-1-2-13-34)33-27(37)19-11-14-35(16-19)20-4-6-22(7-5-20)39-28(30,31)32/h3-7,10,15,19,21,24,26,36H,1-2,8-9,11-14,16-17H2,(H,33,37). The molecule has 2 heterocycles. The minimum absolute atomic E-state index is 0.155. The Morgan fingerprint density at radius 2 is 1.79 bits per heavy atom. The van der Waals surface area contributed by atoms with Crippen LogP contribution in [0.25, 0.3) is 0 Å². The van der Waals surface area contributed by atoms with Gasteiger partial charge in [0.1, 0.15) is 17.6 Å². The molecule has 3 fully saturated rings. The fraction of sp³-hybridized carbons (Fsp3) is 0.536. The molecule has 3 unspecified atom stereocenters. The van der Waals surface area contributed by atoms with Crippen LogP contribution >= 0.6 is 11.6 Å². The van der Waals surface area contributed by atoms with Gasteiger partial charge in [-0.05, 0) is 87.2 Å². The number of carbonyl (C=O) groups excluding carboxylic acids is 1. The van der Waals surface area contributed by atoms with Gasteiger partial charge in [-0.25, -0.2) is 0 Å². The molecule has 212 valence electrons. The minimum atomic E-state index is -4.74. The van der Waals surface area contributed by atoms with Crippen LogP contribution in [0.4, 0.5) is 18.9 Å². The molecule has 2 N–H and O–H groups in total. The lowest BCUT2D eigenvalue weighted by Crippen LogP contribution is -2.48. The van der Waals surface area contributed by atoms with E-state index in [4.69, 9.17) is 16.3 Å². The number of benzene rings is 2. The SMILES string of the molecule is O=C(NC(CN1CCCC1)C(O)c1ccc(OC2CC2)c(Cl)c1)C1CCN(c2ccc(OC(F)(F)F)cc2)C1. The molecule has 1 aliphatic carbocycles. The van der Waals surface area contributed by atoms with Crippen molar-refractivity contribution >= 4 is 23.2 Å². The number of nitrogens with one attached hydrogen (secondary N) is 1. The summed E-state index contributed by atoms with van der Waals surface area (Å²) < 4.78 is 47.1. The van der Waals surface area contributed by atoms with Gasteiger partial charge in [0.05, 0.1) is 23.1 Å². The van der Waals surface area contributed by atoms with Gasteiger partial charge in [-0.1, -0.05) is 17.7 Å². The summed E-state index contributed by atoms with van der Waals surface area (Å²) in [6, 6.07) is 10.4. The molecule has 2 aromatic carbocycles. The Kier molecular flexibility index (Phi) is 8.44. The van der Waals surface area contributed by atoms with Crippen LogP contribution in [0.1, 0.15) is 43.8 Å². The Morgan fingerprint density at radius 1 is 1.08 bits per heavy atom. The van der Waals surface area contributed by atoms with Crippen molar-refractivity contribution in [1.29, 1.82) is 0 Å². The summed E-state index contributed by atoms with van der Waals surface area (Å²) in [6.07, 6.45) is -0.703. The van der Waals surface area contributed by atoms with Crippen LogP contribution < -0.4 is 19.7 Å². The van der Waals surface area contributed by atoms with Gasteiger partial charge in [0.15, 0.2) is 0 Å². The lowest BCUT2D eigenvalue weighted by molar-refractivity contribution is -0.274. The van der Waals surface area contributed by atoms with Gasteiger partial charge in [0, 0.05) is 25.3 Å². The number of amides is 1. The minimum Gasteiger partial charge on any atom is -0.489 e. The van der Waals surface area contributed by atoms with Gasteiger partial charge in [-0.3, -0.25) is 4.79 Å². The van der Waals surface area contributed by atoms with Crippen LogP contribution in [0.2, 0.25) is 5.02 Å². The van der Waals surface area contributed by atoms with E-state index in [0.29, 0.717) is 42.4 Å². The summed E-state index contributed by atoms with van der Waals surface area (Å²) in [5.74, 6) is -0.162. The molecule has 11 heteroatoms. The van der Waals surface area contributed by atoms with Gasteiger partial charge < -0.3 is 29.7 Å². The molecule has 3 aliphatic rings. The van der Waals surface area contributed by atoms with Gasteiger partial charge in [0.2, 0.25) is 5.91 Å². The zero-order valence-corrected chi connectivity index (χ0v) is 22.3. The highest BCUT2D eigenvalue weighted by Crippen LogP contribution is 2.34. The van der Waals surface area contributed by atoms with Crippen LogP contribution in [0.3, 0.4) is 0 Å². The summed E-state index contributed by atoms with van der Waals surface area (Å²) in [4.78, 5) is 17.5. The van der Waals surface area contributed by atoms with Crippen molar-refractivity contribution in [2.45, 2.75) is 56.7 Å². The van der Waals surface area contributed by atoms with Crippen molar-refractivity contribution in [3.63, 3.8) is 0 Å². The topological polar surface area (TPSA) is 74.3 Å². The van der Waals surface area contributed by atoms with Crippen LogP contribution in [-0.4, -0.2) is 67.1 Å². The highest BCUT2D eigenvalue weighted by atomic mass is 35.5. The summed E-state index contributed by atoms with van der Waals surface area (Å²) in [6.45, 7) is 3.37. The van der Waals surface area contributed by atoms with Crippen molar-refractivity contribution < 1.29 is 32.5 Å². The predicted octanol–water partition coefficient (Wildman–Crippen LogP) is 4.92. The largest absolute Gasteiger partial charge is 0.573 e. The molecule has 7 nitrogen and oxygen atoms in total. The van der Waals surface area contributed by atoms with Gasteiger partial charge in [-0.15, -0.1) is 13.2 Å². The smallest absolute Gasteiger partial charge is 0.489 e. The number of aliphatic hydroxyl groups is 1. The first kappa shape index (κ1) is 27.9. The maximum absolute atomic E-state index is 13.3. The lowest BCUT2D eigenvalue weighted by Gasteiger charge is -2.30. The third-order valence-electron chi connectivity index (χ3n) is 7.47. The second kappa shape index (κ2) is 11.8. The summed E-state index contributed by atoms with van der Waals surface area (Å²) in [5.41, 5.74) is 1.33. The fourth-order valence-electron chi connectivity index (χ4n) is 5.23. The van der Waals surface area contributed by atoms with E-state index < -0.39 is 18.5 Å². The van der Waals surface area contributed by atoms with Gasteiger partial charge >= 0.3 is 6.36 Å². The van der Waals surface area contributed by atoms with E-state index >= 15 is 0 Å².